The molecule has 0 aliphatic rings. The molecule has 0 bridgehead atoms. The normalized spacial score (nSPS) is 13.0. The summed E-state index contributed by atoms with van der Waals surface area (Å²) in [5.41, 5.74) is 1.93. The Labute approximate surface area is 122 Å². The summed E-state index contributed by atoms with van der Waals surface area (Å²) in [4.78, 5) is 1.92. The molecule has 0 heterocycles. The Bertz CT molecular complexity index is 407. The van der Waals surface area contributed by atoms with E-state index in [2.05, 4.69) is 13.8 Å². The molecule has 1 aromatic rings. The lowest BCUT2D eigenvalue weighted by atomic mass is 10.1. The van der Waals surface area contributed by atoms with Crippen molar-refractivity contribution < 1.29 is 14.6 Å². The third-order valence-corrected chi connectivity index (χ3v) is 3.46. The molecule has 1 atom stereocenters. The third-order valence-electron chi connectivity index (χ3n) is 3.46. The number of benzene rings is 1. The van der Waals surface area contributed by atoms with Crippen molar-refractivity contribution in [1.82, 2.24) is 4.90 Å². The molecule has 20 heavy (non-hydrogen) atoms. The molecule has 4 nitrogen and oxygen atoms in total. The second-order valence-electron chi connectivity index (χ2n) is 5.35. The number of methoxy groups -OCH3 is 1. The fourth-order valence-corrected chi connectivity index (χ4v) is 1.84. The number of aliphatic hydroxyl groups is 1. The summed E-state index contributed by atoms with van der Waals surface area (Å²) in [6.45, 7) is 7.43. The lowest BCUT2D eigenvalue weighted by Crippen LogP contribution is -2.30. The molecule has 0 radical (unpaired) electrons. The van der Waals surface area contributed by atoms with Gasteiger partial charge in [-0.25, -0.2) is 0 Å². The molecule has 1 rings (SSSR count). The summed E-state index contributed by atoms with van der Waals surface area (Å²) in [6, 6.07) is 6.13. The van der Waals surface area contributed by atoms with E-state index >= 15 is 0 Å². The fourth-order valence-electron chi connectivity index (χ4n) is 1.84. The van der Waals surface area contributed by atoms with Crippen LogP contribution in [-0.2, 0) is 4.74 Å². The van der Waals surface area contributed by atoms with Crippen molar-refractivity contribution in [3.8, 4) is 5.75 Å². The minimum Gasteiger partial charge on any atom is -0.493 e. The molecular weight excluding hydrogens is 254 g/mol. The van der Waals surface area contributed by atoms with Crippen LogP contribution in [0, 0.1) is 6.92 Å². The van der Waals surface area contributed by atoms with Crippen LogP contribution in [0.15, 0.2) is 18.2 Å². The number of aliphatic hydroxyl groups excluding tert-OH is 1. The van der Waals surface area contributed by atoms with Crippen molar-refractivity contribution >= 4 is 0 Å². The predicted octanol–water partition coefficient (Wildman–Crippen LogP) is 2.74. The fraction of sp³-hybridized carbons (Fsp3) is 0.625. The second kappa shape index (κ2) is 8.25. The Morgan fingerprint density at radius 1 is 1.25 bits per heavy atom. The average Bonchev–Trinajstić information content (AvgIpc) is 2.43. The maximum Gasteiger partial charge on any atom is 0.133 e. The van der Waals surface area contributed by atoms with Crippen molar-refractivity contribution in [1.29, 1.82) is 0 Å². The van der Waals surface area contributed by atoms with Crippen molar-refractivity contribution in [2.45, 2.75) is 39.5 Å². The predicted molar refractivity (Wildman–Crippen MR) is 81.0 cm³/mol. The van der Waals surface area contributed by atoms with Gasteiger partial charge in [-0.15, -0.1) is 0 Å². The van der Waals surface area contributed by atoms with Gasteiger partial charge < -0.3 is 14.6 Å². The number of nitrogens with zero attached hydrogens (tertiary/aromatic N) is 1. The van der Waals surface area contributed by atoms with Crippen LogP contribution in [0.3, 0.4) is 0 Å². The van der Waals surface area contributed by atoms with Crippen LogP contribution in [0.25, 0.3) is 0 Å². The van der Waals surface area contributed by atoms with Crippen molar-refractivity contribution in [3.63, 3.8) is 0 Å². The molecule has 4 heteroatoms. The summed E-state index contributed by atoms with van der Waals surface area (Å²) in [7, 11) is 3.60. The Morgan fingerprint density at radius 2 is 1.95 bits per heavy atom. The third kappa shape index (κ3) is 4.78. The van der Waals surface area contributed by atoms with Crippen LogP contribution in [0.4, 0.5) is 0 Å². The summed E-state index contributed by atoms with van der Waals surface area (Å²) in [6.07, 6.45) is 0.242. The van der Waals surface area contributed by atoms with Gasteiger partial charge >= 0.3 is 0 Å². The van der Waals surface area contributed by atoms with Crippen molar-refractivity contribution in [3.05, 3.63) is 29.3 Å². The molecule has 0 spiro atoms. The summed E-state index contributed by atoms with van der Waals surface area (Å²) in [5.74, 6) is 0.829. The Kier molecular flexibility index (Phi) is 6.99. The molecule has 0 saturated heterocycles. The molecule has 0 aromatic heterocycles. The number of ether oxygens (including phenoxy) is 2. The van der Waals surface area contributed by atoms with E-state index in [-0.39, 0.29) is 6.04 Å². The van der Waals surface area contributed by atoms with Gasteiger partial charge in [0.15, 0.2) is 0 Å². The average molecular weight is 281 g/mol. The maximum atomic E-state index is 10.3. The molecule has 0 saturated carbocycles. The molecule has 0 fully saturated rings. The summed E-state index contributed by atoms with van der Waals surface area (Å²) < 4.78 is 10.8. The lowest BCUT2D eigenvalue weighted by molar-refractivity contribution is 0.000850. The molecule has 1 N–H and O–H groups in total. The van der Waals surface area contributed by atoms with Gasteiger partial charge in [0.1, 0.15) is 12.0 Å². The SMILES string of the molecule is COCCCOc1cc(C(O)N(C)C(C)C)ccc1C. The van der Waals surface area contributed by atoms with Gasteiger partial charge in [-0.05, 0) is 45.0 Å². The zero-order valence-corrected chi connectivity index (χ0v) is 13.2. The van der Waals surface area contributed by atoms with Gasteiger partial charge in [-0.3, -0.25) is 4.90 Å². The maximum absolute atomic E-state index is 10.3. The van der Waals surface area contributed by atoms with Gasteiger partial charge in [0.05, 0.1) is 6.61 Å². The van der Waals surface area contributed by atoms with E-state index in [1.54, 1.807) is 7.11 Å². The highest BCUT2D eigenvalue weighted by molar-refractivity contribution is 5.37. The monoisotopic (exact) mass is 281 g/mol. The van der Waals surface area contributed by atoms with E-state index in [1.807, 2.05) is 37.1 Å². The van der Waals surface area contributed by atoms with Gasteiger partial charge in [0.25, 0.3) is 0 Å². The van der Waals surface area contributed by atoms with Crippen LogP contribution in [-0.4, -0.2) is 43.4 Å². The van der Waals surface area contributed by atoms with Gasteiger partial charge in [-0.1, -0.05) is 12.1 Å². The first-order valence-electron chi connectivity index (χ1n) is 7.09. The number of hydrogen-bond donors (Lipinski definition) is 1. The van der Waals surface area contributed by atoms with E-state index < -0.39 is 6.23 Å². The molecule has 114 valence electrons. The molecule has 0 aliphatic carbocycles. The number of hydrogen-bond acceptors (Lipinski definition) is 4. The highest BCUT2D eigenvalue weighted by Crippen LogP contribution is 2.26. The van der Waals surface area contributed by atoms with Crippen molar-refractivity contribution in [2.75, 3.05) is 27.4 Å². The Balaban J connectivity index is 2.74. The highest BCUT2D eigenvalue weighted by Gasteiger charge is 2.17. The van der Waals surface area contributed by atoms with Gasteiger partial charge in [0, 0.05) is 26.2 Å². The van der Waals surface area contributed by atoms with Crippen LogP contribution in [0.5, 0.6) is 5.75 Å². The van der Waals surface area contributed by atoms with E-state index in [4.69, 9.17) is 9.47 Å². The minimum absolute atomic E-state index is 0.275. The summed E-state index contributed by atoms with van der Waals surface area (Å²) in [5, 5.41) is 10.3. The molecule has 1 aromatic carbocycles. The van der Waals surface area contributed by atoms with E-state index in [0.29, 0.717) is 13.2 Å². The van der Waals surface area contributed by atoms with E-state index in [1.165, 1.54) is 0 Å². The van der Waals surface area contributed by atoms with Crippen LogP contribution in [0.2, 0.25) is 0 Å². The quantitative estimate of drug-likeness (QED) is 0.587. The van der Waals surface area contributed by atoms with Gasteiger partial charge in [-0.2, -0.15) is 0 Å². The van der Waals surface area contributed by atoms with Crippen molar-refractivity contribution in [2.24, 2.45) is 0 Å². The zero-order valence-electron chi connectivity index (χ0n) is 13.2. The first-order valence-corrected chi connectivity index (χ1v) is 7.09. The molecular formula is C16H27NO3. The number of rotatable bonds is 8. The largest absolute Gasteiger partial charge is 0.493 e. The van der Waals surface area contributed by atoms with Crippen LogP contribution in [0.1, 0.15) is 37.6 Å². The second-order valence-corrected chi connectivity index (χ2v) is 5.35. The summed E-state index contributed by atoms with van der Waals surface area (Å²) >= 11 is 0. The first-order chi connectivity index (χ1) is 9.47. The molecule has 0 aliphatic heterocycles. The standard InChI is InChI=1S/C16H27NO3/c1-12(2)17(4)16(18)14-8-7-13(3)15(11-14)20-10-6-9-19-5/h7-8,11-12,16,18H,6,9-10H2,1-5H3. The Morgan fingerprint density at radius 3 is 2.55 bits per heavy atom. The topological polar surface area (TPSA) is 41.9 Å². The first kappa shape index (κ1) is 17.0. The van der Waals surface area contributed by atoms with Gasteiger partial charge in [0.2, 0.25) is 0 Å². The minimum atomic E-state index is -0.614. The highest BCUT2D eigenvalue weighted by atomic mass is 16.5. The zero-order chi connectivity index (χ0) is 15.1. The van der Waals surface area contributed by atoms with E-state index in [9.17, 15) is 5.11 Å². The smallest absolute Gasteiger partial charge is 0.133 e. The molecule has 1 unspecified atom stereocenters. The Hall–Kier alpha value is -1.10. The van der Waals surface area contributed by atoms with E-state index in [0.717, 1.165) is 23.3 Å². The van der Waals surface area contributed by atoms with Crippen LogP contribution < -0.4 is 4.74 Å². The van der Waals surface area contributed by atoms with Crippen LogP contribution >= 0.6 is 0 Å². The number of aryl methyl sites for hydroxylation is 1. The molecule has 0 amide bonds. The lowest BCUT2D eigenvalue weighted by Gasteiger charge is -2.27.